The van der Waals surface area contributed by atoms with Crippen molar-refractivity contribution in [3.63, 3.8) is 0 Å². The molecular formula is C9H16ClN3O. The second-order valence-corrected chi connectivity index (χ2v) is 3.23. The van der Waals surface area contributed by atoms with Crippen LogP contribution in [0.4, 0.5) is 0 Å². The number of nitrogens with zero attached hydrogens (tertiary/aromatic N) is 3. The van der Waals surface area contributed by atoms with Crippen LogP contribution >= 0.6 is 11.6 Å². The molecule has 0 aliphatic rings. The van der Waals surface area contributed by atoms with Gasteiger partial charge in [0.25, 0.3) is 0 Å². The fourth-order valence-electron chi connectivity index (χ4n) is 1.25. The number of halogens is 1. The average molecular weight is 218 g/mol. The largest absolute Gasteiger partial charge is 0.373 e. The van der Waals surface area contributed by atoms with Crippen LogP contribution in [0.25, 0.3) is 0 Å². The van der Waals surface area contributed by atoms with Crippen LogP contribution < -0.4 is 0 Å². The van der Waals surface area contributed by atoms with Crippen molar-refractivity contribution in [1.29, 1.82) is 0 Å². The summed E-state index contributed by atoms with van der Waals surface area (Å²) >= 11 is 5.72. The SMILES string of the molecule is CCCOCc1nnc(CCl)n1CC. The van der Waals surface area contributed by atoms with E-state index >= 15 is 0 Å². The molecule has 0 radical (unpaired) electrons. The molecule has 0 saturated carbocycles. The molecule has 1 heterocycles. The predicted octanol–water partition coefficient (Wildman–Crippen LogP) is 1.96. The minimum absolute atomic E-state index is 0.397. The number of rotatable bonds is 6. The van der Waals surface area contributed by atoms with Crippen molar-refractivity contribution in [3.8, 4) is 0 Å². The Morgan fingerprint density at radius 1 is 1.29 bits per heavy atom. The fourth-order valence-corrected chi connectivity index (χ4v) is 1.45. The van der Waals surface area contributed by atoms with Gasteiger partial charge in [-0.1, -0.05) is 6.92 Å². The molecule has 0 atom stereocenters. The van der Waals surface area contributed by atoms with Crippen LogP contribution in [0.2, 0.25) is 0 Å². The van der Waals surface area contributed by atoms with Crippen molar-refractivity contribution < 1.29 is 4.74 Å². The van der Waals surface area contributed by atoms with Crippen LogP contribution in [0.15, 0.2) is 0 Å². The fraction of sp³-hybridized carbons (Fsp3) is 0.778. The van der Waals surface area contributed by atoms with Crippen LogP contribution in [0, 0.1) is 0 Å². The quantitative estimate of drug-likeness (QED) is 0.540. The molecule has 0 bridgehead atoms. The second-order valence-electron chi connectivity index (χ2n) is 2.96. The first kappa shape index (κ1) is 11.5. The molecule has 5 heteroatoms. The number of hydrogen-bond acceptors (Lipinski definition) is 3. The summed E-state index contributed by atoms with van der Waals surface area (Å²) < 4.78 is 7.39. The molecule has 80 valence electrons. The number of alkyl halides is 1. The minimum Gasteiger partial charge on any atom is -0.373 e. The van der Waals surface area contributed by atoms with Crippen molar-refractivity contribution in [1.82, 2.24) is 14.8 Å². The molecule has 0 aliphatic carbocycles. The Morgan fingerprint density at radius 2 is 2.00 bits per heavy atom. The minimum atomic E-state index is 0.397. The average Bonchev–Trinajstić information content (AvgIpc) is 2.60. The summed E-state index contributed by atoms with van der Waals surface area (Å²) in [4.78, 5) is 0. The van der Waals surface area contributed by atoms with E-state index in [2.05, 4.69) is 17.1 Å². The van der Waals surface area contributed by atoms with Crippen LogP contribution in [-0.4, -0.2) is 21.4 Å². The Hall–Kier alpha value is -0.610. The predicted molar refractivity (Wildman–Crippen MR) is 55.2 cm³/mol. The van der Waals surface area contributed by atoms with Crippen LogP contribution in [-0.2, 0) is 23.8 Å². The molecule has 14 heavy (non-hydrogen) atoms. The highest BCUT2D eigenvalue weighted by atomic mass is 35.5. The summed E-state index contributed by atoms with van der Waals surface area (Å²) in [5, 5.41) is 8.02. The first-order valence-electron chi connectivity index (χ1n) is 4.88. The molecule has 0 aliphatic heterocycles. The van der Waals surface area contributed by atoms with Gasteiger partial charge in [-0.3, -0.25) is 0 Å². The third-order valence-electron chi connectivity index (χ3n) is 1.92. The van der Waals surface area contributed by atoms with Crippen LogP contribution in [0.5, 0.6) is 0 Å². The van der Waals surface area contributed by atoms with Gasteiger partial charge < -0.3 is 9.30 Å². The number of hydrogen-bond donors (Lipinski definition) is 0. The summed E-state index contributed by atoms with van der Waals surface area (Å²) in [6.45, 7) is 6.23. The highest BCUT2D eigenvalue weighted by Crippen LogP contribution is 2.06. The van der Waals surface area contributed by atoms with Crippen molar-refractivity contribution in [2.45, 2.75) is 39.3 Å². The maximum absolute atomic E-state index is 5.72. The smallest absolute Gasteiger partial charge is 0.159 e. The van der Waals surface area contributed by atoms with E-state index in [9.17, 15) is 0 Å². The zero-order valence-corrected chi connectivity index (χ0v) is 9.42. The maximum atomic E-state index is 5.72. The zero-order valence-electron chi connectivity index (χ0n) is 8.66. The van der Waals surface area contributed by atoms with E-state index in [1.54, 1.807) is 0 Å². The standard InChI is InChI=1S/C9H16ClN3O/c1-3-5-14-7-9-12-11-8(6-10)13(9)4-2/h3-7H2,1-2H3. The molecule has 4 nitrogen and oxygen atoms in total. The lowest BCUT2D eigenvalue weighted by Gasteiger charge is -2.05. The van der Waals surface area contributed by atoms with E-state index in [4.69, 9.17) is 16.3 Å². The highest BCUT2D eigenvalue weighted by Gasteiger charge is 2.08. The van der Waals surface area contributed by atoms with Gasteiger partial charge in [-0.05, 0) is 13.3 Å². The molecule has 0 unspecified atom stereocenters. The van der Waals surface area contributed by atoms with Gasteiger partial charge in [0.05, 0.1) is 5.88 Å². The van der Waals surface area contributed by atoms with Gasteiger partial charge >= 0.3 is 0 Å². The summed E-state index contributed by atoms with van der Waals surface area (Å²) in [5.74, 6) is 2.06. The molecule has 0 spiro atoms. The molecule has 1 aromatic heterocycles. The van der Waals surface area contributed by atoms with Gasteiger partial charge in [-0.25, -0.2) is 0 Å². The molecule has 0 amide bonds. The summed E-state index contributed by atoms with van der Waals surface area (Å²) in [6, 6.07) is 0. The third-order valence-corrected chi connectivity index (χ3v) is 2.16. The van der Waals surface area contributed by atoms with Gasteiger partial charge in [-0.15, -0.1) is 21.8 Å². The van der Waals surface area contributed by atoms with E-state index in [0.717, 1.165) is 31.2 Å². The summed E-state index contributed by atoms with van der Waals surface area (Å²) in [6.07, 6.45) is 1.02. The molecule has 1 rings (SSSR count). The molecule has 0 aromatic carbocycles. The Bertz CT molecular complexity index is 275. The van der Waals surface area contributed by atoms with Crippen molar-refractivity contribution in [3.05, 3.63) is 11.6 Å². The molecular weight excluding hydrogens is 202 g/mol. The lowest BCUT2D eigenvalue weighted by Crippen LogP contribution is -2.07. The topological polar surface area (TPSA) is 39.9 Å². The van der Waals surface area contributed by atoms with E-state index in [1.165, 1.54) is 0 Å². The van der Waals surface area contributed by atoms with Gasteiger partial charge in [0.2, 0.25) is 0 Å². The van der Waals surface area contributed by atoms with Gasteiger partial charge in [-0.2, -0.15) is 0 Å². The van der Waals surface area contributed by atoms with Crippen molar-refractivity contribution >= 4 is 11.6 Å². The first-order chi connectivity index (χ1) is 6.83. The summed E-state index contributed by atoms with van der Waals surface area (Å²) in [7, 11) is 0. The molecule has 0 saturated heterocycles. The van der Waals surface area contributed by atoms with Crippen molar-refractivity contribution in [2.75, 3.05) is 6.61 Å². The molecule has 1 aromatic rings. The number of aromatic nitrogens is 3. The lowest BCUT2D eigenvalue weighted by molar-refractivity contribution is 0.113. The Morgan fingerprint density at radius 3 is 2.57 bits per heavy atom. The van der Waals surface area contributed by atoms with Crippen molar-refractivity contribution in [2.24, 2.45) is 0 Å². The van der Waals surface area contributed by atoms with E-state index < -0.39 is 0 Å². The zero-order chi connectivity index (χ0) is 10.4. The van der Waals surface area contributed by atoms with Gasteiger partial charge in [0.15, 0.2) is 5.82 Å². The van der Waals surface area contributed by atoms with E-state index in [0.29, 0.717) is 12.5 Å². The Kier molecular flexibility index (Phi) is 4.90. The first-order valence-corrected chi connectivity index (χ1v) is 5.41. The van der Waals surface area contributed by atoms with Crippen LogP contribution in [0.3, 0.4) is 0 Å². The Balaban J connectivity index is 2.61. The maximum Gasteiger partial charge on any atom is 0.159 e. The molecule has 0 N–H and O–H groups in total. The van der Waals surface area contributed by atoms with E-state index in [1.807, 2.05) is 11.5 Å². The third kappa shape index (κ3) is 2.69. The Labute approximate surface area is 89.2 Å². The molecule has 0 fully saturated rings. The highest BCUT2D eigenvalue weighted by molar-refractivity contribution is 6.16. The second kappa shape index (κ2) is 5.98. The normalized spacial score (nSPS) is 10.8. The van der Waals surface area contributed by atoms with Gasteiger partial charge in [0.1, 0.15) is 12.4 Å². The van der Waals surface area contributed by atoms with Gasteiger partial charge in [0, 0.05) is 13.2 Å². The summed E-state index contributed by atoms with van der Waals surface area (Å²) in [5.41, 5.74) is 0. The number of ether oxygens (including phenoxy) is 1. The monoisotopic (exact) mass is 217 g/mol. The van der Waals surface area contributed by atoms with Crippen LogP contribution in [0.1, 0.15) is 31.9 Å². The van der Waals surface area contributed by atoms with E-state index in [-0.39, 0.29) is 0 Å². The lowest BCUT2D eigenvalue weighted by atomic mass is 10.5.